The highest BCUT2D eigenvalue weighted by atomic mass is 32.2. The molecule has 0 radical (unpaired) electrons. The quantitative estimate of drug-likeness (QED) is 0.723. The van der Waals surface area contributed by atoms with Crippen molar-refractivity contribution < 1.29 is 14.6 Å². The molecule has 0 unspecified atom stereocenters. The third-order valence-electron chi connectivity index (χ3n) is 3.80. The molecule has 0 atom stereocenters. The number of aromatic nitrogens is 1. The maximum Gasteiger partial charge on any atom is 0.304 e. The molecule has 1 aromatic heterocycles. The molecule has 0 aliphatic rings. The van der Waals surface area contributed by atoms with E-state index in [2.05, 4.69) is 6.92 Å². The van der Waals surface area contributed by atoms with E-state index in [4.69, 9.17) is 14.8 Å². The van der Waals surface area contributed by atoms with Crippen LogP contribution in [-0.2, 0) is 11.2 Å². The van der Waals surface area contributed by atoms with E-state index >= 15 is 0 Å². The second-order valence-corrected chi connectivity index (χ2v) is 6.56. The summed E-state index contributed by atoms with van der Waals surface area (Å²) in [5.74, 6) is 0.553. The number of carboxylic acid groups (broad SMARTS) is 1. The van der Waals surface area contributed by atoms with Crippen molar-refractivity contribution in [2.75, 3.05) is 12.9 Å². The van der Waals surface area contributed by atoms with E-state index in [1.54, 1.807) is 18.9 Å². The van der Waals surface area contributed by atoms with Crippen molar-refractivity contribution >= 4 is 28.6 Å². The van der Waals surface area contributed by atoms with E-state index in [-0.39, 0.29) is 6.42 Å². The molecule has 0 bridgehead atoms. The largest absolute Gasteiger partial charge is 0.494 e. The van der Waals surface area contributed by atoms with Crippen LogP contribution in [0.1, 0.15) is 37.4 Å². The summed E-state index contributed by atoms with van der Waals surface area (Å²) in [4.78, 5) is 16.7. The Morgan fingerprint density at radius 2 is 2.17 bits per heavy atom. The number of hydrogen-bond donors (Lipinski definition) is 1. The van der Waals surface area contributed by atoms with Crippen LogP contribution in [0, 0.1) is 6.92 Å². The van der Waals surface area contributed by atoms with Crippen molar-refractivity contribution in [3.05, 3.63) is 29.5 Å². The van der Waals surface area contributed by atoms with Gasteiger partial charge in [-0.05, 0) is 31.4 Å². The lowest BCUT2D eigenvalue weighted by Gasteiger charge is -2.16. The predicted octanol–water partition coefficient (Wildman–Crippen LogP) is 4.46. The first-order valence-electron chi connectivity index (χ1n) is 7.89. The molecule has 0 saturated carbocycles. The van der Waals surface area contributed by atoms with Gasteiger partial charge in [0.25, 0.3) is 0 Å². The molecule has 1 N–H and O–H groups in total. The lowest BCUT2D eigenvalue weighted by atomic mass is 10.0. The molecule has 5 heteroatoms. The molecule has 2 rings (SSSR count). The number of carboxylic acids is 1. The van der Waals surface area contributed by atoms with Gasteiger partial charge in [-0.1, -0.05) is 25.5 Å². The van der Waals surface area contributed by atoms with Gasteiger partial charge in [0.15, 0.2) is 0 Å². The molecule has 0 spiro atoms. The first-order chi connectivity index (χ1) is 11.1. The standard InChI is InChI=1S/C18H23NO3S/c1-4-5-7-13-12(2)19-17-14(8-6-9-15(17)22-3)18(13)23-11-10-16(20)21/h6,8-9H,4-5,7,10-11H2,1-3H3,(H,20,21). The molecule has 4 nitrogen and oxygen atoms in total. The van der Waals surface area contributed by atoms with Crippen LogP contribution in [0.15, 0.2) is 23.1 Å². The van der Waals surface area contributed by atoms with E-state index in [9.17, 15) is 4.79 Å². The summed E-state index contributed by atoms with van der Waals surface area (Å²) < 4.78 is 5.44. The lowest BCUT2D eigenvalue weighted by Crippen LogP contribution is -2.02. The number of methoxy groups -OCH3 is 1. The number of hydrogen-bond acceptors (Lipinski definition) is 4. The summed E-state index contributed by atoms with van der Waals surface area (Å²) >= 11 is 1.61. The number of aryl methyl sites for hydroxylation is 1. The summed E-state index contributed by atoms with van der Waals surface area (Å²) in [5, 5.41) is 9.96. The zero-order valence-electron chi connectivity index (χ0n) is 13.9. The zero-order valence-corrected chi connectivity index (χ0v) is 14.7. The van der Waals surface area contributed by atoms with E-state index in [0.29, 0.717) is 5.75 Å². The zero-order chi connectivity index (χ0) is 16.8. The summed E-state index contributed by atoms with van der Waals surface area (Å²) in [7, 11) is 1.65. The van der Waals surface area contributed by atoms with Gasteiger partial charge in [-0.15, -0.1) is 11.8 Å². The average molecular weight is 333 g/mol. The maximum absolute atomic E-state index is 10.8. The maximum atomic E-state index is 10.8. The fraction of sp³-hybridized carbons (Fsp3) is 0.444. The van der Waals surface area contributed by atoms with Gasteiger partial charge in [0.05, 0.1) is 13.5 Å². The second kappa shape index (κ2) is 8.20. The molecule has 2 aromatic rings. The number of fused-ring (bicyclic) bond motifs is 1. The van der Waals surface area contributed by atoms with Crippen LogP contribution in [0.4, 0.5) is 0 Å². The minimum absolute atomic E-state index is 0.157. The molecule has 0 amide bonds. The highest BCUT2D eigenvalue weighted by molar-refractivity contribution is 7.99. The average Bonchev–Trinajstić information content (AvgIpc) is 2.53. The summed E-state index contributed by atoms with van der Waals surface area (Å²) in [6.07, 6.45) is 3.35. The number of carbonyl (C=O) groups is 1. The third kappa shape index (κ3) is 4.16. The van der Waals surface area contributed by atoms with E-state index in [1.807, 2.05) is 25.1 Å². The SMILES string of the molecule is CCCCc1c(C)nc2c(OC)cccc2c1SCCC(=O)O. The molecular formula is C18H23NO3S. The molecular weight excluding hydrogens is 310 g/mol. The van der Waals surface area contributed by atoms with E-state index in [1.165, 1.54) is 5.56 Å². The van der Waals surface area contributed by atoms with Gasteiger partial charge in [-0.3, -0.25) is 4.79 Å². The van der Waals surface area contributed by atoms with Crippen LogP contribution < -0.4 is 4.74 Å². The predicted molar refractivity (Wildman–Crippen MR) is 94.6 cm³/mol. The number of benzene rings is 1. The van der Waals surface area contributed by atoms with Crippen LogP contribution in [-0.4, -0.2) is 28.9 Å². The fourth-order valence-corrected chi connectivity index (χ4v) is 3.83. The minimum atomic E-state index is -0.764. The minimum Gasteiger partial charge on any atom is -0.494 e. The molecule has 1 heterocycles. The Morgan fingerprint density at radius 3 is 2.83 bits per heavy atom. The Kier molecular flexibility index (Phi) is 6.28. The molecule has 0 saturated heterocycles. The van der Waals surface area contributed by atoms with Crippen LogP contribution in [0.5, 0.6) is 5.75 Å². The molecule has 0 fully saturated rings. The summed E-state index contributed by atoms with van der Waals surface area (Å²) in [6.45, 7) is 4.20. The molecule has 0 aliphatic carbocycles. The number of unbranched alkanes of at least 4 members (excludes halogenated alkanes) is 1. The van der Waals surface area contributed by atoms with Crippen molar-refractivity contribution in [3.8, 4) is 5.75 Å². The Bertz CT molecular complexity index is 700. The molecule has 0 aliphatic heterocycles. The van der Waals surface area contributed by atoms with Gasteiger partial charge in [0.1, 0.15) is 11.3 Å². The summed E-state index contributed by atoms with van der Waals surface area (Å²) in [6, 6.07) is 5.91. The molecule has 124 valence electrons. The van der Waals surface area contributed by atoms with Crippen LogP contribution in [0.3, 0.4) is 0 Å². The number of nitrogens with zero attached hydrogens (tertiary/aromatic N) is 1. The highest BCUT2D eigenvalue weighted by Crippen LogP contribution is 2.36. The first-order valence-corrected chi connectivity index (χ1v) is 8.87. The van der Waals surface area contributed by atoms with Gasteiger partial charge in [-0.25, -0.2) is 4.98 Å². The van der Waals surface area contributed by atoms with Gasteiger partial charge in [-0.2, -0.15) is 0 Å². The first kappa shape index (κ1) is 17.6. The summed E-state index contributed by atoms with van der Waals surface area (Å²) in [5.41, 5.74) is 3.10. The second-order valence-electron chi connectivity index (χ2n) is 5.46. The lowest BCUT2D eigenvalue weighted by molar-refractivity contribution is -0.136. The number of thioether (sulfide) groups is 1. The van der Waals surface area contributed by atoms with Crippen molar-refractivity contribution in [2.45, 2.75) is 44.4 Å². The monoisotopic (exact) mass is 333 g/mol. The number of pyridine rings is 1. The Labute approximate surface area is 141 Å². The highest BCUT2D eigenvalue weighted by Gasteiger charge is 2.15. The van der Waals surface area contributed by atoms with Crippen molar-refractivity contribution in [2.24, 2.45) is 0 Å². The Hall–Kier alpha value is -1.75. The van der Waals surface area contributed by atoms with Crippen molar-refractivity contribution in [3.63, 3.8) is 0 Å². The Morgan fingerprint density at radius 1 is 1.39 bits per heavy atom. The normalized spacial score (nSPS) is 10.9. The van der Waals surface area contributed by atoms with Gasteiger partial charge in [0, 0.05) is 21.7 Å². The molecule has 23 heavy (non-hydrogen) atoms. The van der Waals surface area contributed by atoms with Crippen LogP contribution >= 0.6 is 11.8 Å². The number of rotatable bonds is 8. The number of aliphatic carboxylic acids is 1. The van der Waals surface area contributed by atoms with Gasteiger partial charge in [0.2, 0.25) is 0 Å². The third-order valence-corrected chi connectivity index (χ3v) is 4.96. The smallest absolute Gasteiger partial charge is 0.304 e. The molecule has 1 aromatic carbocycles. The topological polar surface area (TPSA) is 59.4 Å². The van der Waals surface area contributed by atoms with Gasteiger partial charge >= 0.3 is 5.97 Å². The fourth-order valence-electron chi connectivity index (χ4n) is 2.60. The Balaban J connectivity index is 2.52. The van der Waals surface area contributed by atoms with Crippen LogP contribution in [0.25, 0.3) is 10.9 Å². The van der Waals surface area contributed by atoms with E-state index < -0.39 is 5.97 Å². The van der Waals surface area contributed by atoms with Crippen molar-refractivity contribution in [1.29, 1.82) is 0 Å². The van der Waals surface area contributed by atoms with Crippen molar-refractivity contribution in [1.82, 2.24) is 4.98 Å². The van der Waals surface area contributed by atoms with E-state index in [0.717, 1.165) is 46.5 Å². The van der Waals surface area contributed by atoms with Gasteiger partial charge < -0.3 is 9.84 Å². The number of para-hydroxylation sites is 1. The van der Waals surface area contributed by atoms with Crippen LogP contribution in [0.2, 0.25) is 0 Å². The number of ether oxygens (including phenoxy) is 1.